The summed E-state index contributed by atoms with van der Waals surface area (Å²) in [4.78, 5) is 39.0. The Balaban J connectivity index is 0.000000166. The normalized spacial score (nSPS) is 18.0. The molecule has 1 aliphatic carbocycles. The summed E-state index contributed by atoms with van der Waals surface area (Å²) in [5.41, 5.74) is 6.51. The molecule has 338 valence electrons. The fourth-order valence-corrected chi connectivity index (χ4v) is 9.91. The molecular weight excluding hydrogens is 930 g/mol. The zero-order chi connectivity index (χ0) is 45.6. The van der Waals surface area contributed by atoms with Crippen molar-refractivity contribution >= 4 is 79.8 Å². The molecular formula is C52H49Cl5N8O. The Morgan fingerprint density at radius 1 is 0.561 bits per heavy atom. The maximum atomic E-state index is 12.4. The molecule has 0 saturated carbocycles. The van der Waals surface area contributed by atoms with Crippen molar-refractivity contribution in [2.24, 2.45) is 0 Å². The molecule has 2 aliphatic heterocycles. The molecule has 2 fully saturated rings. The molecule has 9 nitrogen and oxygen atoms in total. The summed E-state index contributed by atoms with van der Waals surface area (Å²) in [6, 6.07) is 40.0. The summed E-state index contributed by atoms with van der Waals surface area (Å²) >= 11 is 31.1. The van der Waals surface area contributed by atoms with E-state index in [2.05, 4.69) is 89.2 Å². The van der Waals surface area contributed by atoms with Crippen LogP contribution in [0.15, 0.2) is 150 Å². The van der Waals surface area contributed by atoms with Gasteiger partial charge in [0.05, 0.1) is 47.0 Å². The van der Waals surface area contributed by atoms with E-state index in [1.54, 1.807) is 6.07 Å². The van der Waals surface area contributed by atoms with Crippen LogP contribution in [0.5, 0.6) is 0 Å². The first-order valence-corrected chi connectivity index (χ1v) is 24.2. The predicted octanol–water partition coefficient (Wildman–Crippen LogP) is 11.4. The number of aromatic amines is 1. The molecule has 10 rings (SSSR count). The standard InChI is InChI=1S/C26H23Cl3N4.C26H26Cl2N4O/c27-20-9-5-18(6-10-20)25(19-7-11-21(28)12-8-19)33-15-13-32(14-16-33)17-24-30-23-4-2-1-3-22(23)26(29)31-24;27-20-9-5-18(6-10-20)25(19-7-11-21(28)12-8-19)32-15-13-31(14-16-32)17-24-29-23-4-2-1-3-22(23)26(33)30-24/h1-12,25H,13-17H2;1-11,21,25H,12-17H2,(H,29,30,33). The third kappa shape index (κ3) is 11.4. The minimum Gasteiger partial charge on any atom is -0.309 e. The second-order valence-electron chi connectivity index (χ2n) is 16.9. The van der Waals surface area contributed by atoms with Gasteiger partial charge in [-0.05, 0) is 89.3 Å². The number of para-hydroxylation sites is 2. The lowest BCUT2D eigenvalue weighted by atomic mass is 9.92. The van der Waals surface area contributed by atoms with Gasteiger partial charge in [-0.2, -0.15) is 0 Å². The van der Waals surface area contributed by atoms with Gasteiger partial charge in [0.2, 0.25) is 0 Å². The average Bonchev–Trinajstić information content (AvgIpc) is 3.33. The predicted molar refractivity (Wildman–Crippen MR) is 271 cm³/mol. The van der Waals surface area contributed by atoms with Gasteiger partial charge in [0, 0.05) is 72.8 Å². The summed E-state index contributed by atoms with van der Waals surface area (Å²) < 4.78 is 0. The van der Waals surface area contributed by atoms with Crippen LogP contribution >= 0.6 is 58.0 Å². The first-order valence-electron chi connectivity index (χ1n) is 22.2. The van der Waals surface area contributed by atoms with Crippen molar-refractivity contribution in [3.63, 3.8) is 0 Å². The van der Waals surface area contributed by atoms with Gasteiger partial charge in [-0.15, -0.1) is 11.6 Å². The summed E-state index contributed by atoms with van der Waals surface area (Å²) in [7, 11) is 0. The van der Waals surface area contributed by atoms with E-state index in [9.17, 15) is 4.79 Å². The van der Waals surface area contributed by atoms with Crippen molar-refractivity contribution in [3.8, 4) is 0 Å². The minimum atomic E-state index is -0.0781. The van der Waals surface area contributed by atoms with E-state index in [4.69, 9.17) is 63.0 Å². The van der Waals surface area contributed by atoms with Crippen molar-refractivity contribution in [3.05, 3.63) is 204 Å². The second-order valence-corrected chi connectivity index (χ2v) is 19.1. The Morgan fingerprint density at radius 2 is 1.05 bits per heavy atom. The van der Waals surface area contributed by atoms with Crippen LogP contribution in [-0.2, 0) is 13.1 Å². The number of piperazine rings is 2. The smallest absolute Gasteiger partial charge is 0.258 e. The fraction of sp³-hybridized carbons (Fsp3) is 0.269. The lowest BCUT2D eigenvalue weighted by molar-refractivity contribution is 0.102. The monoisotopic (exact) mass is 976 g/mol. The van der Waals surface area contributed by atoms with Gasteiger partial charge in [0.25, 0.3) is 5.56 Å². The Labute approximate surface area is 410 Å². The lowest BCUT2D eigenvalue weighted by Crippen LogP contribution is -2.47. The number of hydrogen-bond acceptors (Lipinski definition) is 8. The van der Waals surface area contributed by atoms with E-state index in [0.29, 0.717) is 29.5 Å². The molecule has 0 spiro atoms. The van der Waals surface area contributed by atoms with Crippen molar-refractivity contribution in [2.45, 2.75) is 37.0 Å². The molecule has 0 radical (unpaired) electrons. The number of nitrogens with one attached hydrogen (secondary N) is 1. The van der Waals surface area contributed by atoms with E-state index < -0.39 is 0 Å². The molecule has 14 heteroatoms. The van der Waals surface area contributed by atoms with Gasteiger partial charge >= 0.3 is 0 Å². The number of benzene rings is 5. The highest BCUT2D eigenvalue weighted by atomic mass is 35.5. The largest absolute Gasteiger partial charge is 0.309 e. The Hall–Kier alpha value is -4.65. The van der Waals surface area contributed by atoms with Gasteiger partial charge in [0.1, 0.15) is 16.8 Å². The number of H-pyrrole nitrogens is 1. The van der Waals surface area contributed by atoms with E-state index in [0.717, 1.165) is 96.1 Å². The van der Waals surface area contributed by atoms with Crippen LogP contribution in [0.4, 0.5) is 0 Å². The number of aromatic nitrogens is 4. The molecule has 5 aromatic carbocycles. The zero-order valence-electron chi connectivity index (χ0n) is 36.2. The number of hydrogen-bond donors (Lipinski definition) is 1. The number of rotatable bonds is 10. The topological polar surface area (TPSA) is 84.5 Å². The Bertz CT molecular complexity index is 2830. The van der Waals surface area contributed by atoms with Crippen molar-refractivity contribution in [2.75, 3.05) is 52.4 Å². The molecule has 2 unspecified atom stereocenters. The maximum absolute atomic E-state index is 12.4. The highest BCUT2D eigenvalue weighted by Crippen LogP contribution is 2.35. The van der Waals surface area contributed by atoms with Crippen LogP contribution in [0.3, 0.4) is 0 Å². The molecule has 0 amide bonds. The minimum absolute atomic E-state index is 0.0630. The van der Waals surface area contributed by atoms with Crippen LogP contribution in [0.1, 0.15) is 46.8 Å². The van der Waals surface area contributed by atoms with E-state index >= 15 is 0 Å². The molecule has 2 atom stereocenters. The zero-order valence-corrected chi connectivity index (χ0v) is 40.0. The maximum Gasteiger partial charge on any atom is 0.258 e. The van der Waals surface area contributed by atoms with Crippen LogP contribution < -0.4 is 5.56 Å². The Morgan fingerprint density at radius 3 is 1.59 bits per heavy atom. The van der Waals surface area contributed by atoms with Gasteiger partial charge in [-0.1, -0.05) is 125 Å². The van der Waals surface area contributed by atoms with Gasteiger partial charge in [0.15, 0.2) is 0 Å². The number of nitrogens with zero attached hydrogens (tertiary/aromatic N) is 7. The van der Waals surface area contributed by atoms with Crippen molar-refractivity contribution in [1.82, 2.24) is 39.5 Å². The van der Waals surface area contributed by atoms with Crippen molar-refractivity contribution < 1.29 is 0 Å². The molecule has 66 heavy (non-hydrogen) atoms. The van der Waals surface area contributed by atoms with Crippen molar-refractivity contribution in [1.29, 1.82) is 0 Å². The summed E-state index contributed by atoms with van der Waals surface area (Å²) in [5.74, 6) is 1.48. The molecule has 3 aliphatic rings. The summed E-state index contributed by atoms with van der Waals surface area (Å²) in [5, 5.41) is 4.33. The van der Waals surface area contributed by atoms with Crippen LogP contribution in [-0.4, -0.2) is 97.3 Å². The highest BCUT2D eigenvalue weighted by molar-refractivity contribution is 6.34. The van der Waals surface area contributed by atoms with Crippen LogP contribution in [0.2, 0.25) is 20.2 Å². The third-order valence-electron chi connectivity index (χ3n) is 12.5. The molecule has 7 aromatic rings. The number of alkyl halides is 1. The van der Waals surface area contributed by atoms with E-state index in [1.165, 1.54) is 22.3 Å². The first kappa shape index (κ1) is 46.5. The third-order valence-corrected chi connectivity index (χ3v) is 13.9. The summed E-state index contributed by atoms with van der Waals surface area (Å²) in [6.07, 6.45) is 7.35. The number of halogens is 5. The van der Waals surface area contributed by atoms with Gasteiger partial charge in [-0.25, -0.2) is 15.0 Å². The van der Waals surface area contributed by atoms with Gasteiger partial charge < -0.3 is 4.98 Å². The van der Waals surface area contributed by atoms with Crippen LogP contribution in [0, 0.1) is 0 Å². The van der Waals surface area contributed by atoms with Gasteiger partial charge in [-0.3, -0.25) is 24.4 Å². The number of fused-ring (bicyclic) bond motifs is 2. The molecule has 0 bridgehead atoms. The quantitative estimate of drug-likeness (QED) is 0.107. The second kappa shape index (κ2) is 21.5. The van der Waals surface area contributed by atoms with E-state index in [1.807, 2.05) is 78.9 Å². The SMILES string of the molecule is Clc1ccc(C(c2ccc(Cl)cc2)N2CCN(Cc3nc(Cl)c4ccccc4n3)CC2)cc1.O=c1[nH]c(CN2CCN(C(C3=CCC(Cl)C=C3)c3ccc(Cl)cc3)CC2)nc2ccccc12. The molecule has 2 saturated heterocycles. The molecule has 2 aromatic heterocycles. The first-order chi connectivity index (χ1) is 32.1. The molecule has 1 N–H and O–H groups in total. The Kier molecular flexibility index (Phi) is 15.2. The average molecular weight is 979 g/mol. The highest BCUT2D eigenvalue weighted by Gasteiger charge is 2.29. The lowest BCUT2D eigenvalue weighted by Gasteiger charge is -2.40. The van der Waals surface area contributed by atoms with E-state index in [-0.39, 0.29) is 23.0 Å². The van der Waals surface area contributed by atoms with Crippen LogP contribution in [0.25, 0.3) is 21.8 Å². The summed E-state index contributed by atoms with van der Waals surface area (Å²) in [6.45, 7) is 8.65. The number of allylic oxidation sites excluding steroid dienone is 2. The fourth-order valence-electron chi connectivity index (χ4n) is 9.11. The molecule has 4 heterocycles.